The van der Waals surface area contributed by atoms with E-state index in [0.717, 1.165) is 6.54 Å². The molecular weight excluding hydrogens is 451 g/mol. The van der Waals surface area contributed by atoms with E-state index in [-0.39, 0.29) is 21.9 Å². The van der Waals surface area contributed by atoms with Crippen LogP contribution in [-0.2, 0) is 9.59 Å². The fraction of sp³-hybridized carbons (Fsp3) is 0.333. The molecule has 0 spiro atoms. The predicted octanol–water partition coefficient (Wildman–Crippen LogP) is 4.77. The maximum absolute atomic E-state index is 13.1. The molecule has 1 amide bonds. The molecule has 0 saturated carbocycles. The van der Waals surface area contributed by atoms with Gasteiger partial charge >= 0.3 is 0 Å². The summed E-state index contributed by atoms with van der Waals surface area (Å²) in [7, 11) is 3.89. The lowest BCUT2D eigenvalue weighted by atomic mass is 9.95. The molecular formula is C24H26Cl2N2O4. The standard InChI is InChI=1S/C24H26Cl2N2O4/c1-4-32-17-10-11-19(26)18(14-17)22(29)20-21(15-6-8-16(25)9-7-15)28(24(31)23(20)30)13-5-12-27(2)3/h6-11,14,21,29H,4-5,12-13H2,1-3H3/b22-20+. The zero-order chi connectivity index (χ0) is 23.4. The second-order valence-corrected chi connectivity index (χ2v) is 8.62. The summed E-state index contributed by atoms with van der Waals surface area (Å²) in [4.78, 5) is 29.6. The van der Waals surface area contributed by atoms with Gasteiger partial charge in [0.05, 0.1) is 23.2 Å². The Morgan fingerprint density at radius 1 is 1.12 bits per heavy atom. The number of carbonyl (C=O) groups excluding carboxylic acids is 2. The highest BCUT2D eigenvalue weighted by Gasteiger charge is 2.46. The van der Waals surface area contributed by atoms with Gasteiger partial charge in [-0.15, -0.1) is 0 Å². The highest BCUT2D eigenvalue weighted by atomic mass is 35.5. The SMILES string of the molecule is CCOc1ccc(Cl)c(/C(O)=C2\C(=O)C(=O)N(CCCN(C)C)C2c2ccc(Cl)cc2)c1. The molecule has 2 aromatic carbocycles. The number of ketones is 1. The molecule has 2 aromatic rings. The van der Waals surface area contributed by atoms with E-state index in [4.69, 9.17) is 27.9 Å². The van der Waals surface area contributed by atoms with Gasteiger partial charge in [-0.2, -0.15) is 0 Å². The van der Waals surface area contributed by atoms with E-state index in [0.29, 0.717) is 35.9 Å². The number of hydrogen-bond donors (Lipinski definition) is 1. The van der Waals surface area contributed by atoms with Gasteiger partial charge < -0.3 is 19.6 Å². The zero-order valence-corrected chi connectivity index (χ0v) is 19.8. The Hall–Kier alpha value is -2.54. The van der Waals surface area contributed by atoms with Crippen LogP contribution < -0.4 is 4.74 Å². The van der Waals surface area contributed by atoms with Gasteiger partial charge in [-0.25, -0.2) is 0 Å². The number of hydrogen-bond acceptors (Lipinski definition) is 5. The van der Waals surface area contributed by atoms with Gasteiger partial charge in [0, 0.05) is 17.1 Å². The maximum atomic E-state index is 13.1. The molecule has 1 aliphatic rings. The third kappa shape index (κ3) is 5.09. The van der Waals surface area contributed by atoms with E-state index in [1.54, 1.807) is 42.5 Å². The number of Topliss-reactive ketones (excluding diaryl/α,β-unsaturated/α-hetero) is 1. The molecule has 170 valence electrons. The second kappa shape index (κ2) is 10.4. The number of aliphatic hydroxyl groups excluding tert-OH is 1. The number of halogens is 2. The lowest BCUT2D eigenvalue weighted by Gasteiger charge is -2.26. The Morgan fingerprint density at radius 2 is 1.81 bits per heavy atom. The van der Waals surface area contributed by atoms with Crippen molar-refractivity contribution in [1.29, 1.82) is 0 Å². The number of ether oxygens (including phenoxy) is 1. The van der Waals surface area contributed by atoms with E-state index >= 15 is 0 Å². The quantitative estimate of drug-likeness (QED) is 0.337. The number of benzene rings is 2. The molecule has 0 aromatic heterocycles. The van der Waals surface area contributed by atoms with Gasteiger partial charge in [0.2, 0.25) is 0 Å². The number of aliphatic hydroxyl groups is 1. The molecule has 1 N–H and O–H groups in total. The van der Waals surface area contributed by atoms with Crippen molar-refractivity contribution < 1.29 is 19.4 Å². The number of rotatable bonds is 8. The van der Waals surface area contributed by atoms with Crippen LogP contribution in [0, 0.1) is 0 Å². The lowest BCUT2D eigenvalue weighted by molar-refractivity contribution is -0.139. The first-order valence-corrected chi connectivity index (χ1v) is 11.1. The third-order valence-electron chi connectivity index (χ3n) is 5.23. The molecule has 1 aliphatic heterocycles. The van der Waals surface area contributed by atoms with E-state index in [2.05, 4.69) is 0 Å². The van der Waals surface area contributed by atoms with Crippen LogP contribution in [0.1, 0.15) is 30.5 Å². The van der Waals surface area contributed by atoms with E-state index in [1.165, 1.54) is 4.90 Å². The van der Waals surface area contributed by atoms with Crippen molar-refractivity contribution in [2.45, 2.75) is 19.4 Å². The molecule has 3 rings (SSSR count). The van der Waals surface area contributed by atoms with Crippen LogP contribution in [0.5, 0.6) is 5.75 Å². The van der Waals surface area contributed by atoms with Crippen LogP contribution in [0.25, 0.3) is 5.76 Å². The van der Waals surface area contributed by atoms with Crippen molar-refractivity contribution in [2.75, 3.05) is 33.8 Å². The van der Waals surface area contributed by atoms with E-state index in [1.807, 2.05) is 25.9 Å². The molecule has 32 heavy (non-hydrogen) atoms. The Balaban J connectivity index is 2.12. The Kier molecular flexibility index (Phi) is 7.82. The summed E-state index contributed by atoms with van der Waals surface area (Å²) >= 11 is 12.4. The number of likely N-dealkylation sites (tertiary alicyclic amines) is 1. The number of nitrogens with zero attached hydrogens (tertiary/aromatic N) is 2. The first-order valence-electron chi connectivity index (χ1n) is 10.4. The van der Waals surface area contributed by atoms with Crippen LogP contribution in [0.15, 0.2) is 48.0 Å². The zero-order valence-electron chi connectivity index (χ0n) is 18.3. The Labute approximate surface area is 198 Å². The summed E-state index contributed by atoms with van der Waals surface area (Å²) < 4.78 is 5.51. The van der Waals surface area contributed by atoms with Gasteiger partial charge in [0.15, 0.2) is 0 Å². The largest absolute Gasteiger partial charge is 0.507 e. The van der Waals surface area contributed by atoms with Crippen molar-refractivity contribution in [1.82, 2.24) is 9.80 Å². The molecule has 8 heteroatoms. The molecule has 0 aliphatic carbocycles. The number of amides is 1. The van der Waals surface area contributed by atoms with Crippen LogP contribution in [0.4, 0.5) is 0 Å². The van der Waals surface area contributed by atoms with Gasteiger partial charge in [-0.05, 0) is 69.9 Å². The topological polar surface area (TPSA) is 70.1 Å². The minimum Gasteiger partial charge on any atom is -0.507 e. The maximum Gasteiger partial charge on any atom is 0.295 e. The fourth-order valence-corrected chi connectivity index (χ4v) is 4.08. The highest BCUT2D eigenvalue weighted by Crippen LogP contribution is 2.41. The van der Waals surface area contributed by atoms with E-state index < -0.39 is 17.7 Å². The van der Waals surface area contributed by atoms with Crippen molar-refractivity contribution in [3.63, 3.8) is 0 Å². The summed E-state index contributed by atoms with van der Waals surface area (Å²) in [6.45, 7) is 3.38. The minimum atomic E-state index is -0.749. The first kappa shape index (κ1) is 24.1. The second-order valence-electron chi connectivity index (χ2n) is 7.78. The van der Waals surface area contributed by atoms with Gasteiger partial charge in [-0.1, -0.05) is 35.3 Å². The highest BCUT2D eigenvalue weighted by molar-refractivity contribution is 6.47. The molecule has 1 heterocycles. The molecule has 1 atom stereocenters. The first-order chi connectivity index (χ1) is 15.2. The van der Waals surface area contributed by atoms with Crippen LogP contribution in [0.3, 0.4) is 0 Å². The van der Waals surface area contributed by atoms with E-state index in [9.17, 15) is 14.7 Å². The molecule has 0 bridgehead atoms. The van der Waals surface area contributed by atoms with Crippen molar-refractivity contribution in [2.24, 2.45) is 0 Å². The number of carbonyl (C=O) groups is 2. The molecule has 1 fully saturated rings. The van der Waals surface area contributed by atoms with Crippen molar-refractivity contribution in [3.05, 3.63) is 69.2 Å². The molecule has 0 radical (unpaired) electrons. The van der Waals surface area contributed by atoms with Crippen molar-refractivity contribution in [3.8, 4) is 5.75 Å². The monoisotopic (exact) mass is 476 g/mol. The van der Waals surface area contributed by atoms with Crippen LogP contribution in [-0.4, -0.2) is 60.4 Å². The summed E-state index contributed by atoms with van der Waals surface area (Å²) in [5.41, 5.74) is 0.915. The molecule has 6 nitrogen and oxygen atoms in total. The van der Waals surface area contributed by atoms with Crippen LogP contribution >= 0.6 is 23.2 Å². The lowest BCUT2D eigenvalue weighted by Crippen LogP contribution is -2.32. The van der Waals surface area contributed by atoms with Gasteiger partial charge in [-0.3, -0.25) is 9.59 Å². The summed E-state index contributed by atoms with van der Waals surface area (Å²) in [5, 5.41) is 12.0. The fourth-order valence-electron chi connectivity index (χ4n) is 3.75. The molecule has 1 saturated heterocycles. The summed E-state index contributed by atoms with van der Waals surface area (Å²) in [6.07, 6.45) is 0.671. The van der Waals surface area contributed by atoms with Gasteiger partial charge in [0.1, 0.15) is 11.5 Å². The average molecular weight is 477 g/mol. The minimum absolute atomic E-state index is 0.00211. The smallest absolute Gasteiger partial charge is 0.295 e. The summed E-state index contributed by atoms with van der Waals surface area (Å²) in [5.74, 6) is -1.22. The third-order valence-corrected chi connectivity index (χ3v) is 5.82. The normalized spacial score (nSPS) is 17.9. The molecule has 1 unspecified atom stereocenters. The average Bonchev–Trinajstić information content (AvgIpc) is 3.00. The predicted molar refractivity (Wildman–Crippen MR) is 126 cm³/mol. The Bertz CT molecular complexity index is 1030. The van der Waals surface area contributed by atoms with Crippen LogP contribution in [0.2, 0.25) is 10.0 Å². The summed E-state index contributed by atoms with van der Waals surface area (Å²) in [6, 6.07) is 11.0. The van der Waals surface area contributed by atoms with Crippen molar-refractivity contribution >= 4 is 40.7 Å². The Morgan fingerprint density at radius 3 is 2.44 bits per heavy atom. The van der Waals surface area contributed by atoms with Gasteiger partial charge in [0.25, 0.3) is 11.7 Å².